The van der Waals surface area contributed by atoms with E-state index in [2.05, 4.69) is 5.32 Å². The van der Waals surface area contributed by atoms with E-state index in [1.807, 2.05) is 94.4 Å². The first-order valence-corrected chi connectivity index (χ1v) is 16.4. The molecule has 0 bridgehead atoms. The van der Waals surface area contributed by atoms with Gasteiger partial charge in [-0.3, -0.25) is 13.9 Å². The van der Waals surface area contributed by atoms with Crippen LogP contribution in [0.15, 0.2) is 114 Å². The first kappa shape index (κ1) is 32.5. The number of rotatable bonds is 13. The van der Waals surface area contributed by atoms with Crippen molar-refractivity contribution in [1.29, 1.82) is 0 Å². The first-order valence-electron chi connectivity index (χ1n) is 14.9. The van der Waals surface area contributed by atoms with Crippen LogP contribution in [0.4, 0.5) is 5.69 Å². The highest BCUT2D eigenvalue weighted by molar-refractivity contribution is 7.92. The second-order valence-corrected chi connectivity index (χ2v) is 13.1. The average molecular weight is 612 g/mol. The van der Waals surface area contributed by atoms with Crippen LogP contribution in [0.5, 0.6) is 0 Å². The van der Waals surface area contributed by atoms with Crippen LogP contribution in [0.25, 0.3) is 0 Å². The predicted octanol–water partition coefficient (Wildman–Crippen LogP) is 6.05. The van der Waals surface area contributed by atoms with Crippen LogP contribution >= 0.6 is 0 Å². The quantitative estimate of drug-likeness (QED) is 0.199. The second kappa shape index (κ2) is 14.8. The molecule has 1 N–H and O–H groups in total. The number of carbonyl (C=O) groups is 2. The van der Waals surface area contributed by atoms with Gasteiger partial charge in [0.2, 0.25) is 11.8 Å². The van der Waals surface area contributed by atoms with Crippen molar-refractivity contribution < 1.29 is 18.0 Å². The largest absolute Gasteiger partial charge is 0.352 e. The van der Waals surface area contributed by atoms with E-state index in [9.17, 15) is 18.0 Å². The van der Waals surface area contributed by atoms with E-state index in [1.54, 1.807) is 30.3 Å². The molecule has 0 aliphatic rings. The highest BCUT2D eigenvalue weighted by Gasteiger charge is 2.34. The number of nitrogens with one attached hydrogen (secondary N) is 1. The Bertz CT molecular complexity index is 1620. The van der Waals surface area contributed by atoms with Gasteiger partial charge in [0.1, 0.15) is 12.6 Å². The van der Waals surface area contributed by atoms with Gasteiger partial charge < -0.3 is 10.2 Å². The van der Waals surface area contributed by atoms with Crippen molar-refractivity contribution >= 4 is 27.5 Å². The van der Waals surface area contributed by atoms with Crippen molar-refractivity contribution in [2.24, 2.45) is 0 Å². The van der Waals surface area contributed by atoms with Gasteiger partial charge >= 0.3 is 0 Å². The zero-order valence-electron chi connectivity index (χ0n) is 25.8. The van der Waals surface area contributed by atoms with Crippen molar-refractivity contribution in [3.63, 3.8) is 0 Å². The number of hydrogen-bond acceptors (Lipinski definition) is 4. The van der Waals surface area contributed by atoms with Gasteiger partial charge in [-0.25, -0.2) is 8.42 Å². The molecule has 0 radical (unpaired) electrons. The molecule has 2 atom stereocenters. The van der Waals surface area contributed by atoms with Gasteiger partial charge in [0.05, 0.1) is 10.6 Å². The lowest BCUT2D eigenvalue weighted by Gasteiger charge is -2.34. The predicted molar refractivity (Wildman–Crippen MR) is 176 cm³/mol. The van der Waals surface area contributed by atoms with Gasteiger partial charge in [-0.15, -0.1) is 0 Å². The van der Waals surface area contributed by atoms with Crippen molar-refractivity contribution in [3.8, 4) is 0 Å². The maximum Gasteiger partial charge on any atom is 0.264 e. The third-order valence-electron chi connectivity index (χ3n) is 7.68. The standard InChI is InChI=1S/C36H41N3O4S/c1-5-29(4)37-36(41)34(24-30-12-8-6-9-13-30)38(25-31-20-16-27(2)17-21-31)35(40)26-39(32-22-18-28(3)19-23-32)44(42,43)33-14-10-7-11-15-33/h6-23,29,34H,5,24-26H2,1-4H3,(H,37,41)/t29-,34-/m0/s1. The average Bonchev–Trinajstić information content (AvgIpc) is 3.03. The highest BCUT2D eigenvalue weighted by Crippen LogP contribution is 2.25. The van der Waals surface area contributed by atoms with E-state index in [1.165, 1.54) is 17.0 Å². The molecule has 44 heavy (non-hydrogen) atoms. The topological polar surface area (TPSA) is 86.8 Å². The molecule has 0 fully saturated rings. The van der Waals surface area contributed by atoms with Crippen LogP contribution in [-0.2, 0) is 32.6 Å². The van der Waals surface area contributed by atoms with E-state index in [0.29, 0.717) is 5.69 Å². The lowest BCUT2D eigenvalue weighted by molar-refractivity contribution is -0.140. The van der Waals surface area contributed by atoms with Gasteiger partial charge in [0, 0.05) is 19.0 Å². The molecule has 4 rings (SSSR count). The van der Waals surface area contributed by atoms with E-state index < -0.39 is 28.5 Å². The highest BCUT2D eigenvalue weighted by atomic mass is 32.2. The van der Waals surface area contributed by atoms with Gasteiger partial charge in [-0.2, -0.15) is 0 Å². The molecule has 4 aromatic rings. The molecular formula is C36H41N3O4S. The second-order valence-electron chi connectivity index (χ2n) is 11.2. The van der Waals surface area contributed by atoms with Crippen molar-refractivity contribution in [2.75, 3.05) is 10.8 Å². The zero-order valence-corrected chi connectivity index (χ0v) is 26.6. The summed E-state index contributed by atoms with van der Waals surface area (Å²) in [5.41, 5.74) is 4.13. The summed E-state index contributed by atoms with van der Waals surface area (Å²) in [7, 11) is -4.12. The molecule has 2 amide bonds. The van der Waals surface area contributed by atoms with Crippen LogP contribution in [-0.4, -0.2) is 43.8 Å². The third-order valence-corrected chi connectivity index (χ3v) is 9.47. The fourth-order valence-corrected chi connectivity index (χ4v) is 6.28. The maximum atomic E-state index is 14.5. The number of aryl methyl sites for hydroxylation is 2. The Balaban J connectivity index is 1.79. The fourth-order valence-electron chi connectivity index (χ4n) is 4.84. The summed E-state index contributed by atoms with van der Waals surface area (Å²) in [4.78, 5) is 30.0. The van der Waals surface area contributed by atoms with Crippen LogP contribution < -0.4 is 9.62 Å². The number of sulfonamides is 1. The molecule has 8 heteroatoms. The maximum absolute atomic E-state index is 14.5. The molecule has 0 spiro atoms. The first-order chi connectivity index (χ1) is 21.1. The van der Waals surface area contributed by atoms with Gasteiger partial charge in [-0.05, 0) is 62.6 Å². The fraction of sp³-hybridized carbons (Fsp3) is 0.278. The van der Waals surface area contributed by atoms with Crippen molar-refractivity contribution in [1.82, 2.24) is 10.2 Å². The zero-order chi connectivity index (χ0) is 31.7. The number of benzene rings is 4. The molecule has 0 unspecified atom stereocenters. The summed E-state index contributed by atoms with van der Waals surface area (Å²) in [5.74, 6) is -0.762. The number of amides is 2. The summed E-state index contributed by atoms with van der Waals surface area (Å²) in [6.45, 7) is 7.47. The number of hydrogen-bond donors (Lipinski definition) is 1. The Morgan fingerprint density at radius 3 is 1.86 bits per heavy atom. The van der Waals surface area contributed by atoms with E-state index >= 15 is 0 Å². The third kappa shape index (κ3) is 8.35. The smallest absolute Gasteiger partial charge is 0.264 e. The molecule has 0 aliphatic heterocycles. The molecule has 0 saturated carbocycles. The Hall–Kier alpha value is -4.43. The minimum Gasteiger partial charge on any atom is -0.352 e. The van der Waals surface area contributed by atoms with Crippen LogP contribution in [0.3, 0.4) is 0 Å². The van der Waals surface area contributed by atoms with E-state index in [-0.39, 0.29) is 29.8 Å². The lowest BCUT2D eigenvalue weighted by atomic mass is 10.0. The number of anilines is 1. The summed E-state index contributed by atoms with van der Waals surface area (Å²) in [6, 6.07) is 31.5. The molecule has 230 valence electrons. The molecule has 0 aliphatic carbocycles. The molecule has 4 aromatic carbocycles. The van der Waals surface area contributed by atoms with Gasteiger partial charge in [0.25, 0.3) is 10.0 Å². The Morgan fingerprint density at radius 1 is 0.750 bits per heavy atom. The summed E-state index contributed by atoms with van der Waals surface area (Å²) in [5, 5.41) is 3.06. The monoisotopic (exact) mass is 611 g/mol. The molecule has 7 nitrogen and oxygen atoms in total. The Morgan fingerprint density at radius 2 is 1.30 bits per heavy atom. The summed E-state index contributed by atoms with van der Waals surface area (Å²) >= 11 is 0. The normalized spacial score (nSPS) is 12.6. The SMILES string of the molecule is CC[C@H](C)NC(=O)[C@H](Cc1ccccc1)N(Cc1ccc(C)cc1)C(=O)CN(c1ccc(C)cc1)S(=O)(=O)c1ccccc1. The minimum atomic E-state index is -4.12. The molecule has 0 aromatic heterocycles. The van der Waals surface area contributed by atoms with Crippen LogP contribution in [0.2, 0.25) is 0 Å². The van der Waals surface area contributed by atoms with Crippen molar-refractivity contribution in [3.05, 3.63) is 131 Å². The molecular weight excluding hydrogens is 570 g/mol. The van der Waals surface area contributed by atoms with E-state index in [4.69, 9.17) is 0 Å². The van der Waals surface area contributed by atoms with Crippen molar-refractivity contribution in [2.45, 2.75) is 64.1 Å². The van der Waals surface area contributed by atoms with Gasteiger partial charge in [0.15, 0.2) is 0 Å². The van der Waals surface area contributed by atoms with Gasteiger partial charge in [-0.1, -0.05) is 103 Å². The van der Waals surface area contributed by atoms with Crippen LogP contribution in [0.1, 0.15) is 42.5 Å². The lowest BCUT2D eigenvalue weighted by Crippen LogP contribution is -2.54. The van der Waals surface area contributed by atoms with Crippen LogP contribution in [0, 0.1) is 13.8 Å². The minimum absolute atomic E-state index is 0.0776. The summed E-state index contributed by atoms with van der Waals surface area (Å²) in [6.07, 6.45) is 1.00. The summed E-state index contributed by atoms with van der Waals surface area (Å²) < 4.78 is 29.2. The molecule has 0 saturated heterocycles. The Kier molecular flexibility index (Phi) is 11.0. The Labute approximate surface area is 261 Å². The van der Waals surface area contributed by atoms with E-state index in [0.717, 1.165) is 33.0 Å². The number of carbonyl (C=O) groups excluding carboxylic acids is 2. The number of nitrogens with zero attached hydrogens (tertiary/aromatic N) is 2. The molecule has 0 heterocycles.